The molecule has 4 heteroatoms. The van der Waals surface area contributed by atoms with Crippen LogP contribution in [0.15, 0.2) is 42.6 Å². The predicted octanol–water partition coefficient (Wildman–Crippen LogP) is 2.69. The number of nitrogen functional groups attached to an aromatic ring is 1. The van der Waals surface area contributed by atoms with Gasteiger partial charge in [-0.3, -0.25) is 0 Å². The lowest BCUT2D eigenvalue weighted by atomic mass is 9.99. The smallest absolute Gasteiger partial charge is 0.126 e. The normalized spacial score (nSPS) is 12.3. The first-order valence-electron chi connectivity index (χ1n) is 6.30. The Labute approximate surface area is 118 Å². The minimum Gasteiger partial charge on any atom is -0.383 e. The Morgan fingerprint density at radius 1 is 1.16 bits per heavy atom. The molecule has 1 aromatic heterocycles. The van der Waals surface area contributed by atoms with Crippen molar-refractivity contribution in [1.29, 1.82) is 0 Å². The van der Waals surface area contributed by atoms with Crippen LogP contribution in [0.1, 0.15) is 11.1 Å². The van der Waals surface area contributed by atoms with Gasteiger partial charge >= 0.3 is 0 Å². The number of aromatic nitrogens is 1. The molecule has 3 N–H and O–H groups in total. The summed E-state index contributed by atoms with van der Waals surface area (Å²) in [6.45, 7) is 0. The number of likely N-dealkylation sites (N-methyl/N-ethyl adjacent to an activating group) is 1. The fourth-order valence-electron chi connectivity index (χ4n) is 2.09. The first kappa shape index (κ1) is 13.8. The molecule has 0 saturated carbocycles. The number of anilines is 1. The summed E-state index contributed by atoms with van der Waals surface area (Å²) in [7, 11) is 1.95. The zero-order valence-electron chi connectivity index (χ0n) is 10.9. The molecular weight excluding hydrogens is 258 g/mol. The van der Waals surface area contributed by atoms with E-state index in [1.54, 1.807) is 6.20 Å². The number of nitrogens with two attached hydrogens (primary N) is 1. The summed E-state index contributed by atoms with van der Waals surface area (Å²) in [5.41, 5.74) is 8.09. The maximum absolute atomic E-state index is 6.19. The molecule has 2 rings (SSSR count). The second kappa shape index (κ2) is 6.55. The van der Waals surface area contributed by atoms with Crippen molar-refractivity contribution >= 4 is 17.4 Å². The van der Waals surface area contributed by atoms with Gasteiger partial charge < -0.3 is 11.1 Å². The van der Waals surface area contributed by atoms with Gasteiger partial charge in [0.05, 0.1) is 0 Å². The van der Waals surface area contributed by atoms with E-state index in [9.17, 15) is 0 Å². The number of halogens is 1. The summed E-state index contributed by atoms with van der Waals surface area (Å²) in [6, 6.07) is 12.1. The topological polar surface area (TPSA) is 50.9 Å². The molecule has 0 saturated heterocycles. The lowest BCUT2D eigenvalue weighted by molar-refractivity contribution is 0.556. The zero-order chi connectivity index (χ0) is 13.7. The fraction of sp³-hybridized carbons (Fsp3) is 0.267. The van der Waals surface area contributed by atoms with Crippen LogP contribution in [0, 0.1) is 0 Å². The molecule has 0 aliphatic carbocycles. The molecule has 0 bridgehead atoms. The minimum atomic E-state index is 0.284. The monoisotopic (exact) mass is 275 g/mol. The number of hydrogen-bond donors (Lipinski definition) is 2. The molecule has 0 aliphatic heterocycles. The highest BCUT2D eigenvalue weighted by Crippen LogP contribution is 2.19. The quantitative estimate of drug-likeness (QED) is 0.882. The van der Waals surface area contributed by atoms with Crippen LogP contribution in [0.3, 0.4) is 0 Å². The summed E-state index contributed by atoms with van der Waals surface area (Å²) < 4.78 is 0. The summed E-state index contributed by atoms with van der Waals surface area (Å²) in [4.78, 5) is 4.12. The third-order valence-corrected chi connectivity index (χ3v) is 3.59. The van der Waals surface area contributed by atoms with E-state index >= 15 is 0 Å². The average Bonchev–Trinajstić information content (AvgIpc) is 2.42. The summed E-state index contributed by atoms with van der Waals surface area (Å²) in [5, 5.41) is 4.12. The van der Waals surface area contributed by atoms with Crippen molar-refractivity contribution in [2.24, 2.45) is 0 Å². The van der Waals surface area contributed by atoms with Gasteiger partial charge in [-0.05, 0) is 43.1 Å². The van der Waals surface area contributed by atoms with Crippen molar-refractivity contribution in [3.8, 4) is 0 Å². The highest BCUT2D eigenvalue weighted by atomic mass is 35.5. The number of nitrogens with zero attached hydrogens (tertiary/aromatic N) is 1. The maximum Gasteiger partial charge on any atom is 0.126 e. The number of pyridine rings is 1. The molecule has 2 aromatic rings. The van der Waals surface area contributed by atoms with Gasteiger partial charge in [0, 0.05) is 17.3 Å². The van der Waals surface area contributed by atoms with E-state index in [0.29, 0.717) is 5.82 Å². The van der Waals surface area contributed by atoms with Crippen LogP contribution < -0.4 is 11.1 Å². The van der Waals surface area contributed by atoms with Gasteiger partial charge in [-0.2, -0.15) is 0 Å². The molecule has 1 aromatic carbocycles. The Balaban J connectivity index is 2.09. The second-order valence-corrected chi connectivity index (χ2v) is 4.94. The zero-order valence-corrected chi connectivity index (χ0v) is 11.7. The van der Waals surface area contributed by atoms with Crippen LogP contribution in [-0.4, -0.2) is 18.1 Å². The van der Waals surface area contributed by atoms with Crippen molar-refractivity contribution in [3.05, 3.63) is 58.7 Å². The number of rotatable bonds is 5. The highest BCUT2D eigenvalue weighted by Gasteiger charge is 2.12. The van der Waals surface area contributed by atoms with Gasteiger partial charge in [-0.15, -0.1) is 0 Å². The number of benzene rings is 1. The Kier molecular flexibility index (Phi) is 4.77. The van der Waals surface area contributed by atoms with Crippen molar-refractivity contribution in [3.63, 3.8) is 0 Å². The third-order valence-electron chi connectivity index (χ3n) is 3.22. The minimum absolute atomic E-state index is 0.284. The summed E-state index contributed by atoms with van der Waals surface area (Å²) in [5.74, 6) is 0.599. The molecule has 19 heavy (non-hydrogen) atoms. The molecular formula is C15H18ClN3. The molecule has 3 nitrogen and oxygen atoms in total. The van der Waals surface area contributed by atoms with E-state index in [0.717, 1.165) is 29.0 Å². The van der Waals surface area contributed by atoms with Crippen molar-refractivity contribution < 1.29 is 0 Å². The van der Waals surface area contributed by atoms with E-state index < -0.39 is 0 Å². The van der Waals surface area contributed by atoms with Crippen molar-refractivity contribution in [2.45, 2.75) is 18.9 Å². The summed E-state index contributed by atoms with van der Waals surface area (Å²) >= 11 is 6.19. The van der Waals surface area contributed by atoms with Crippen LogP contribution in [0.2, 0.25) is 5.02 Å². The summed E-state index contributed by atoms with van der Waals surface area (Å²) in [6.07, 6.45) is 3.41. The second-order valence-electron chi connectivity index (χ2n) is 4.53. The van der Waals surface area contributed by atoms with E-state index in [-0.39, 0.29) is 6.04 Å². The third kappa shape index (κ3) is 3.69. The largest absolute Gasteiger partial charge is 0.383 e. The Hall–Kier alpha value is -1.58. The Morgan fingerprint density at radius 3 is 2.53 bits per heavy atom. The predicted molar refractivity (Wildman–Crippen MR) is 80.4 cm³/mol. The van der Waals surface area contributed by atoms with Gasteiger partial charge in [-0.1, -0.05) is 35.9 Å². The average molecular weight is 276 g/mol. The fourth-order valence-corrected chi connectivity index (χ4v) is 2.31. The molecule has 0 fully saturated rings. The lowest BCUT2D eigenvalue weighted by Gasteiger charge is -2.17. The lowest BCUT2D eigenvalue weighted by Crippen LogP contribution is -2.30. The molecule has 0 amide bonds. The molecule has 1 heterocycles. The van der Waals surface area contributed by atoms with Crippen molar-refractivity contribution in [2.75, 3.05) is 12.8 Å². The molecule has 100 valence electrons. The molecule has 0 spiro atoms. The van der Waals surface area contributed by atoms with Gasteiger partial charge in [0.25, 0.3) is 0 Å². The Morgan fingerprint density at radius 2 is 1.84 bits per heavy atom. The van der Waals surface area contributed by atoms with Crippen LogP contribution in [0.4, 0.5) is 5.82 Å². The van der Waals surface area contributed by atoms with Crippen molar-refractivity contribution in [1.82, 2.24) is 10.3 Å². The van der Waals surface area contributed by atoms with Gasteiger partial charge in [-0.25, -0.2) is 4.98 Å². The first-order chi connectivity index (χ1) is 9.20. The van der Waals surface area contributed by atoms with Crippen LogP contribution in [0.5, 0.6) is 0 Å². The van der Waals surface area contributed by atoms with Crippen LogP contribution >= 0.6 is 11.6 Å². The maximum atomic E-state index is 6.19. The van der Waals surface area contributed by atoms with E-state index in [1.807, 2.05) is 37.4 Å². The van der Waals surface area contributed by atoms with Gasteiger partial charge in [0.2, 0.25) is 0 Å². The van der Waals surface area contributed by atoms with Gasteiger partial charge in [0.15, 0.2) is 0 Å². The number of nitrogens with one attached hydrogen (secondary N) is 1. The molecule has 0 aliphatic rings. The molecule has 1 atom stereocenters. The van der Waals surface area contributed by atoms with Crippen LogP contribution in [-0.2, 0) is 12.8 Å². The highest BCUT2D eigenvalue weighted by molar-refractivity contribution is 6.31. The number of hydrogen-bond acceptors (Lipinski definition) is 3. The van der Waals surface area contributed by atoms with Gasteiger partial charge in [0.1, 0.15) is 5.82 Å². The Bertz CT molecular complexity index is 495. The van der Waals surface area contributed by atoms with E-state index in [4.69, 9.17) is 17.3 Å². The SMILES string of the molecule is CNC(Cc1ccccc1Cl)Cc1cccnc1N. The molecule has 1 unspecified atom stereocenters. The van der Waals surface area contributed by atoms with Crippen LogP contribution in [0.25, 0.3) is 0 Å². The molecule has 0 radical (unpaired) electrons. The van der Waals surface area contributed by atoms with E-state index in [1.165, 1.54) is 0 Å². The van der Waals surface area contributed by atoms with E-state index in [2.05, 4.69) is 16.4 Å². The first-order valence-corrected chi connectivity index (χ1v) is 6.68. The standard InChI is InChI=1S/C15H18ClN3/c1-18-13(9-11-5-2-3-7-14(11)16)10-12-6-4-8-19-15(12)17/h2-8,13,18H,9-10H2,1H3,(H2,17,19).